The topological polar surface area (TPSA) is 91.4 Å². The zero-order chi connectivity index (χ0) is 22.3. The molecule has 1 aromatic heterocycles. The predicted octanol–water partition coefficient (Wildman–Crippen LogP) is 3.06. The lowest BCUT2D eigenvalue weighted by molar-refractivity contribution is -0.137. The minimum absolute atomic E-state index is 0.00190. The number of ether oxygens (including phenoxy) is 1. The van der Waals surface area contributed by atoms with Crippen molar-refractivity contribution in [2.75, 3.05) is 32.8 Å². The number of aromatic amines is 1. The first-order valence-electron chi connectivity index (χ1n) is 10.7. The second kappa shape index (κ2) is 8.09. The average Bonchev–Trinajstić information content (AvgIpc) is 3.23. The van der Waals surface area contributed by atoms with Crippen LogP contribution in [-0.4, -0.2) is 69.8 Å². The maximum Gasteiger partial charge on any atom is 0.260 e. The molecule has 0 aliphatic carbocycles. The molecule has 0 radical (unpaired) electrons. The van der Waals surface area contributed by atoms with Crippen LogP contribution in [-0.2, 0) is 4.79 Å². The molecule has 0 saturated carbocycles. The van der Waals surface area contributed by atoms with Gasteiger partial charge in [0, 0.05) is 42.2 Å². The zero-order valence-corrected chi connectivity index (χ0v) is 18.6. The maximum absolute atomic E-state index is 12.8. The number of fused-ring (bicyclic) bond motifs is 1. The number of likely N-dealkylation sites (tertiary alicyclic amines) is 2. The molecule has 3 aromatic rings. The number of nitrogens with zero attached hydrogens (tertiary/aromatic N) is 4. The monoisotopic (exact) mass is 453 g/mol. The van der Waals surface area contributed by atoms with E-state index in [9.17, 15) is 9.59 Å². The fraction of sp³-hybridized carbons (Fsp3) is 0.391. The minimum Gasteiger partial charge on any atom is -0.484 e. The molecule has 0 atom stereocenters. The van der Waals surface area contributed by atoms with Gasteiger partial charge < -0.3 is 14.5 Å². The molecule has 1 N–H and O–H groups in total. The third kappa shape index (κ3) is 4.02. The largest absolute Gasteiger partial charge is 0.484 e. The number of hydrogen-bond donors (Lipinski definition) is 1. The van der Waals surface area contributed by atoms with Gasteiger partial charge in [-0.05, 0) is 61.7 Å². The molecule has 3 heterocycles. The van der Waals surface area contributed by atoms with Crippen molar-refractivity contribution < 1.29 is 14.3 Å². The van der Waals surface area contributed by atoms with Gasteiger partial charge in [-0.15, -0.1) is 0 Å². The molecule has 2 amide bonds. The van der Waals surface area contributed by atoms with Crippen molar-refractivity contribution >= 4 is 34.4 Å². The fourth-order valence-electron chi connectivity index (χ4n) is 4.63. The number of amides is 2. The van der Waals surface area contributed by atoms with E-state index in [1.165, 1.54) is 0 Å². The summed E-state index contributed by atoms with van der Waals surface area (Å²) < 4.78 is 5.66. The molecule has 32 heavy (non-hydrogen) atoms. The van der Waals surface area contributed by atoms with Crippen LogP contribution in [0.1, 0.15) is 28.8 Å². The standard InChI is InChI=1S/C23H24ClN5O3/c1-15-8-17(24)11-18(9-15)32-12-21(30)28-6-4-23(5-7-28)13-29(14-23)22(31)16-2-3-19-20(10-16)26-27-25-19/h2-3,8-11H,4-7,12-14H2,1H3,(H,25,26,27). The van der Waals surface area contributed by atoms with E-state index in [-0.39, 0.29) is 23.8 Å². The lowest BCUT2D eigenvalue weighted by Gasteiger charge is -2.54. The van der Waals surface area contributed by atoms with Crippen molar-refractivity contribution in [1.29, 1.82) is 0 Å². The van der Waals surface area contributed by atoms with E-state index in [4.69, 9.17) is 16.3 Å². The van der Waals surface area contributed by atoms with E-state index in [0.29, 0.717) is 34.9 Å². The molecular formula is C23H24ClN5O3. The van der Waals surface area contributed by atoms with Crippen LogP contribution in [0.25, 0.3) is 11.0 Å². The highest BCUT2D eigenvalue weighted by molar-refractivity contribution is 6.30. The number of aryl methyl sites for hydroxylation is 1. The third-order valence-corrected chi connectivity index (χ3v) is 6.68. The van der Waals surface area contributed by atoms with Gasteiger partial charge in [-0.1, -0.05) is 11.6 Å². The first kappa shape index (κ1) is 20.8. The molecule has 2 aliphatic rings. The quantitative estimate of drug-likeness (QED) is 0.655. The first-order valence-corrected chi connectivity index (χ1v) is 11.1. The van der Waals surface area contributed by atoms with Gasteiger partial charge in [-0.25, -0.2) is 0 Å². The number of nitrogens with one attached hydrogen (secondary N) is 1. The number of carbonyl (C=O) groups excluding carboxylic acids is 2. The Balaban J connectivity index is 1.11. The number of carbonyl (C=O) groups is 2. The van der Waals surface area contributed by atoms with Crippen molar-refractivity contribution in [3.8, 4) is 5.75 Å². The van der Waals surface area contributed by atoms with Crippen molar-refractivity contribution in [1.82, 2.24) is 25.2 Å². The first-order chi connectivity index (χ1) is 15.4. The summed E-state index contributed by atoms with van der Waals surface area (Å²) in [5.41, 5.74) is 3.16. The van der Waals surface area contributed by atoms with E-state index in [2.05, 4.69) is 15.4 Å². The van der Waals surface area contributed by atoms with Crippen molar-refractivity contribution in [2.45, 2.75) is 19.8 Å². The second-order valence-electron chi connectivity index (χ2n) is 8.82. The molecule has 0 unspecified atom stereocenters. The van der Waals surface area contributed by atoms with Gasteiger partial charge in [0.05, 0.1) is 0 Å². The van der Waals surface area contributed by atoms with E-state index in [0.717, 1.165) is 37.0 Å². The molecule has 2 saturated heterocycles. The average molecular weight is 454 g/mol. The van der Waals surface area contributed by atoms with Crippen molar-refractivity contribution in [2.24, 2.45) is 5.41 Å². The summed E-state index contributed by atoms with van der Waals surface area (Å²) in [6, 6.07) is 10.8. The summed E-state index contributed by atoms with van der Waals surface area (Å²) in [4.78, 5) is 29.2. The van der Waals surface area contributed by atoms with Crippen LogP contribution in [0.3, 0.4) is 0 Å². The lowest BCUT2D eigenvalue weighted by atomic mass is 9.71. The molecule has 5 rings (SSSR count). The number of H-pyrrole nitrogens is 1. The summed E-state index contributed by atoms with van der Waals surface area (Å²) in [6.45, 7) is 4.76. The summed E-state index contributed by atoms with van der Waals surface area (Å²) in [7, 11) is 0. The second-order valence-corrected chi connectivity index (χ2v) is 9.26. The van der Waals surface area contributed by atoms with E-state index >= 15 is 0 Å². The number of benzene rings is 2. The molecule has 2 fully saturated rings. The van der Waals surface area contributed by atoms with Crippen LogP contribution in [0.5, 0.6) is 5.75 Å². The van der Waals surface area contributed by atoms with Crippen molar-refractivity contribution in [3.63, 3.8) is 0 Å². The Morgan fingerprint density at radius 1 is 1.06 bits per heavy atom. The Hall–Kier alpha value is -3.13. The summed E-state index contributed by atoms with van der Waals surface area (Å²) in [5, 5.41) is 11.2. The predicted molar refractivity (Wildman–Crippen MR) is 120 cm³/mol. The van der Waals surface area contributed by atoms with Gasteiger partial charge >= 0.3 is 0 Å². The highest BCUT2D eigenvalue weighted by Crippen LogP contribution is 2.41. The Morgan fingerprint density at radius 2 is 1.81 bits per heavy atom. The van der Waals surface area contributed by atoms with Crippen LogP contribution in [0.4, 0.5) is 0 Å². The van der Waals surface area contributed by atoms with E-state index in [1.54, 1.807) is 24.3 Å². The van der Waals surface area contributed by atoms with Gasteiger partial charge in [0.15, 0.2) is 6.61 Å². The summed E-state index contributed by atoms with van der Waals surface area (Å²) in [6.07, 6.45) is 1.78. The third-order valence-electron chi connectivity index (χ3n) is 6.46. The number of halogens is 1. The van der Waals surface area contributed by atoms with Crippen LogP contribution >= 0.6 is 11.6 Å². The lowest BCUT2D eigenvalue weighted by Crippen LogP contribution is -2.62. The van der Waals surface area contributed by atoms with Crippen LogP contribution in [0, 0.1) is 12.3 Å². The van der Waals surface area contributed by atoms with Gasteiger partial charge in [-0.3, -0.25) is 9.59 Å². The Labute approximate surface area is 190 Å². The van der Waals surface area contributed by atoms with Gasteiger partial charge in [0.1, 0.15) is 16.8 Å². The number of rotatable bonds is 4. The zero-order valence-electron chi connectivity index (χ0n) is 17.8. The Kier molecular flexibility index (Phi) is 5.25. The highest BCUT2D eigenvalue weighted by Gasteiger charge is 2.47. The van der Waals surface area contributed by atoms with Crippen LogP contribution in [0.15, 0.2) is 36.4 Å². The number of piperidine rings is 1. The van der Waals surface area contributed by atoms with Gasteiger partial charge in [0.2, 0.25) is 0 Å². The molecule has 1 spiro atoms. The SMILES string of the molecule is Cc1cc(Cl)cc(OCC(=O)N2CCC3(CC2)CN(C(=O)c2ccc4n[nH]nc4c2)C3)c1. The van der Waals surface area contributed by atoms with Gasteiger partial charge in [0.25, 0.3) is 11.8 Å². The summed E-state index contributed by atoms with van der Waals surface area (Å²) in [5.74, 6) is 0.601. The molecule has 2 aliphatic heterocycles. The molecule has 0 bridgehead atoms. The number of hydrogen-bond acceptors (Lipinski definition) is 5. The van der Waals surface area contributed by atoms with Crippen LogP contribution in [0.2, 0.25) is 5.02 Å². The maximum atomic E-state index is 12.8. The van der Waals surface area contributed by atoms with E-state index in [1.807, 2.05) is 28.9 Å². The molecular weight excluding hydrogens is 430 g/mol. The van der Waals surface area contributed by atoms with Crippen LogP contribution < -0.4 is 4.74 Å². The molecule has 2 aromatic carbocycles. The molecule has 9 heteroatoms. The summed E-state index contributed by atoms with van der Waals surface area (Å²) >= 11 is 6.05. The van der Waals surface area contributed by atoms with Crippen molar-refractivity contribution in [3.05, 3.63) is 52.5 Å². The Bertz CT molecular complexity index is 1160. The molecule has 166 valence electrons. The normalized spacial score (nSPS) is 17.4. The smallest absolute Gasteiger partial charge is 0.260 e. The highest BCUT2D eigenvalue weighted by atomic mass is 35.5. The minimum atomic E-state index is -0.0225. The molecule has 8 nitrogen and oxygen atoms in total. The van der Waals surface area contributed by atoms with Gasteiger partial charge in [-0.2, -0.15) is 15.4 Å². The fourth-order valence-corrected chi connectivity index (χ4v) is 4.91. The van der Waals surface area contributed by atoms with E-state index < -0.39 is 0 Å². The Morgan fingerprint density at radius 3 is 2.56 bits per heavy atom. The number of aromatic nitrogens is 3.